The molecule has 3 aromatic rings. The van der Waals surface area contributed by atoms with E-state index in [4.69, 9.17) is 11.6 Å². The number of halogens is 1. The fourth-order valence-electron chi connectivity index (χ4n) is 2.82. The molecular weight excluding hydrogens is 294 g/mol. The van der Waals surface area contributed by atoms with Crippen LogP contribution >= 0.6 is 11.6 Å². The second kappa shape index (κ2) is 5.25. The zero-order valence-electron chi connectivity index (χ0n) is 12.3. The van der Waals surface area contributed by atoms with E-state index in [1.165, 1.54) is 6.42 Å². The zero-order chi connectivity index (χ0) is 15.1. The maximum absolute atomic E-state index is 6.10. The van der Waals surface area contributed by atoms with Gasteiger partial charge in [-0.15, -0.1) is 0 Å². The molecule has 110 valence electrons. The minimum atomic E-state index is 0.286. The summed E-state index contributed by atoms with van der Waals surface area (Å²) in [7, 11) is 0. The number of fused-ring (bicyclic) bond motifs is 1. The molecule has 1 aliphatic rings. The predicted octanol–water partition coefficient (Wildman–Crippen LogP) is 4.77. The van der Waals surface area contributed by atoms with Crippen molar-refractivity contribution >= 4 is 28.3 Å². The monoisotopic (exact) mass is 309 g/mol. The summed E-state index contributed by atoms with van der Waals surface area (Å²) in [5.41, 5.74) is 3.16. The first-order valence-corrected chi connectivity index (χ1v) is 7.88. The van der Waals surface area contributed by atoms with Crippen LogP contribution in [0.1, 0.15) is 13.3 Å². The van der Waals surface area contributed by atoms with Crippen molar-refractivity contribution < 1.29 is 0 Å². The lowest BCUT2D eigenvalue weighted by molar-refractivity contribution is 0.924. The van der Waals surface area contributed by atoms with Gasteiger partial charge in [-0.1, -0.05) is 49.4 Å². The summed E-state index contributed by atoms with van der Waals surface area (Å²) in [5.74, 6) is 1.52. The molecule has 0 spiro atoms. The van der Waals surface area contributed by atoms with Gasteiger partial charge in [-0.05, 0) is 41.1 Å². The molecule has 1 aliphatic carbocycles. The molecule has 1 heterocycles. The second-order valence-electron chi connectivity index (χ2n) is 5.87. The Morgan fingerprint density at radius 1 is 1.05 bits per heavy atom. The Morgan fingerprint density at radius 2 is 1.82 bits per heavy atom. The number of nitrogens with zero attached hydrogens (tertiary/aromatic N) is 2. The average molecular weight is 310 g/mol. The van der Waals surface area contributed by atoms with Gasteiger partial charge in [0.25, 0.3) is 0 Å². The third-order valence-electron chi connectivity index (χ3n) is 4.21. The molecule has 22 heavy (non-hydrogen) atoms. The normalized spacial score (nSPS) is 20.1. The van der Waals surface area contributed by atoms with Gasteiger partial charge in [0.05, 0.1) is 10.9 Å². The molecule has 3 nitrogen and oxygen atoms in total. The molecule has 0 saturated heterocycles. The number of hydrogen-bond donors (Lipinski definition) is 1. The Balaban J connectivity index is 1.93. The van der Waals surface area contributed by atoms with Gasteiger partial charge in [0.2, 0.25) is 5.28 Å². The van der Waals surface area contributed by atoms with Crippen LogP contribution in [-0.4, -0.2) is 16.0 Å². The van der Waals surface area contributed by atoms with Gasteiger partial charge in [0.1, 0.15) is 5.82 Å². The molecule has 1 saturated carbocycles. The molecule has 2 aromatic carbocycles. The molecule has 1 N–H and O–H groups in total. The lowest BCUT2D eigenvalue weighted by Crippen LogP contribution is -2.07. The fourth-order valence-corrected chi connectivity index (χ4v) is 2.99. The van der Waals surface area contributed by atoms with Crippen LogP contribution < -0.4 is 5.32 Å². The number of benzene rings is 2. The minimum absolute atomic E-state index is 0.286. The first-order chi connectivity index (χ1) is 10.7. The van der Waals surface area contributed by atoms with Crippen molar-refractivity contribution in [2.24, 2.45) is 5.92 Å². The highest BCUT2D eigenvalue weighted by atomic mass is 35.5. The summed E-state index contributed by atoms with van der Waals surface area (Å²) in [6.45, 7) is 2.24. The van der Waals surface area contributed by atoms with Gasteiger partial charge in [-0.25, -0.2) is 9.97 Å². The number of rotatable bonds is 3. The Labute approximate surface area is 134 Å². The van der Waals surface area contributed by atoms with E-state index in [1.54, 1.807) is 0 Å². The predicted molar refractivity (Wildman–Crippen MR) is 91.2 cm³/mol. The highest BCUT2D eigenvalue weighted by molar-refractivity contribution is 6.29. The lowest BCUT2D eigenvalue weighted by atomic mass is 10.0. The highest BCUT2D eigenvalue weighted by Crippen LogP contribution is 2.37. The van der Waals surface area contributed by atoms with E-state index in [0.717, 1.165) is 27.8 Å². The zero-order valence-corrected chi connectivity index (χ0v) is 13.0. The van der Waals surface area contributed by atoms with Gasteiger partial charge >= 0.3 is 0 Å². The van der Waals surface area contributed by atoms with E-state index in [-0.39, 0.29) is 5.28 Å². The smallest absolute Gasteiger partial charge is 0.224 e. The van der Waals surface area contributed by atoms with Crippen LogP contribution in [0.4, 0.5) is 5.82 Å². The average Bonchev–Trinajstić information content (AvgIpc) is 3.22. The van der Waals surface area contributed by atoms with Crippen molar-refractivity contribution in [1.82, 2.24) is 9.97 Å². The fraction of sp³-hybridized carbons (Fsp3) is 0.222. The summed E-state index contributed by atoms with van der Waals surface area (Å²) in [6.07, 6.45) is 1.18. The topological polar surface area (TPSA) is 37.8 Å². The Bertz CT molecular complexity index is 832. The molecule has 4 heteroatoms. The Kier molecular flexibility index (Phi) is 3.23. The van der Waals surface area contributed by atoms with Crippen molar-refractivity contribution in [3.05, 3.63) is 53.8 Å². The van der Waals surface area contributed by atoms with Crippen LogP contribution in [0.25, 0.3) is 22.0 Å². The van der Waals surface area contributed by atoms with Crippen molar-refractivity contribution in [3.63, 3.8) is 0 Å². The number of nitrogens with one attached hydrogen (secondary N) is 1. The number of anilines is 1. The summed E-state index contributed by atoms with van der Waals surface area (Å²) in [6, 6.07) is 16.9. The molecule has 4 rings (SSSR count). The van der Waals surface area contributed by atoms with Crippen molar-refractivity contribution in [2.75, 3.05) is 5.32 Å². The van der Waals surface area contributed by atoms with Crippen LogP contribution in [0.3, 0.4) is 0 Å². The van der Waals surface area contributed by atoms with Gasteiger partial charge < -0.3 is 5.32 Å². The van der Waals surface area contributed by atoms with Crippen LogP contribution in [0.5, 0.6) is 0 Å². The SMILES string of the molecule is C[C@@H]1C[C@H]1Nc1nc(Cl)nc2cccc(-c3ccccc3)c12. The summed E-state index contributed by atoms with van der Waals surface area (Å²) < 4.78 is 0. The third-order valence-corrected chi connectivity index (χ3v) is 4.38. The molecule has 0 radical (unpaired) electrons. The highest BCUT2D eigenvalue weighted by Gasteiger charge is 2.33. The summed E-state index contributed by atoms with van der Waals surface area (Å²) >= 11 is 6.10. The van der Waals surface area contributed by atoms with E-state index < -0.39 is 0 Å². The molecule has 1 aromatic heterocycles. The van der Waals surface area contributed by atoms with Gasteiger partial charge in [-0.2, -0.15) is 0 Å². The van der Waals surface area contributed by atoms with Gasteiger partial charge in [0.15, 0.2) is 0 Å². The summed E-state index contributed by atoms with van der Waals surface area (Å²) in [4.78, 5) is 8.83. The van der Waals surface area contributed by atoms with Crippen LogP contribution in [0, 0.1) is 5.92 Å². The molecule has 2 atom stereocenters. The number of hydrogen-bond acceptors (Lipinski definition) is 3. The molecule has 0 bridgehead atoms. The second-order valence-corrected chi connectivity index (χ2v) is 6.21. The Hall–Kier alpha value is -2.13. The maximum Gasteiger partial charge on any atom is 0.224 e. The van der Waals surface area contributed by atoms with E-state index in [1.807, 2.05) is 30.3 Å². The van der Waals surface area contributed by atoms with Gasteiger partial charge in [0, 0.05) is 6.04 Å². The minimum Gasteiger partial charge on any atom is -0.366 e. The van der Waals surface area contributed by atoms with E-state index >= 15 is 0 Å². The van der Waals surface area contributed by atoms with Crippen LogP contribution in [-0.2, 0) is 0 Å². The Morgan fingerprint density at radius 3 is 2.55 bits per heavy atom. The first-order valence-electron chi connectivity index (χ1n) is 7.50. The van der Waals surface area contributed by atoms with E-state index in [9.17, 15) is 0 Å². The van der Waals surface area contributed by atoms with Crippen LogP contribution in [0.15, 0.2) is 48.5 Å². The van der Waals surface area contributed by atoms with Crippen molar-refractivity contribution in [1.29, 1.82) is 0 Å². The van der Waals surface area contributed by atoms with Crippen LogP contribution in [0.2, 0.25) is 5.28 Å². The molecule has 0 aliphatic heterocycles. The van der Waals surface area contributed by atoms with E-state index in [2.05, 4.69) is 40.4 Å². The molecule has 0 amide bonds. The third kappa shape index (κ3) is 2.42. The quantitative estimate of drug-likeness (QED) is 0.708. The molecular formula is C18H16ClN3. The largest absolute Gasteiger partial charge is 0.366 e. The molecule has 0 unspecified atom stereocenters. The maximum atomic E-state index is 6.10. The van der Waals surface area contributed by atoms with Crippen molar-refractivity contribution in [2.45, 2.75) is 19.4 Å². The standard InChI is InChI=1S/C18H16ClN3/c1-11-10-15(11)20-17-16-13(12-6-3-2-4-7-12)8-5-9-14(16)21-18(19)22-17/h2-9,11,15H,10H2,1H3,(H,20,21,22)/t11-,15-/m1/s1. The number of aromatic nitrogens is 2. The van der Waals surface area contributed by atoms with Crippen molar-refractivity contribution in [3.8, 4) is 11.1 Å². The van der Waals surface area contributed by atoms with E-state index in [0.29, 0.717) is 12.0 Å². The lowest BCUT2D eigenvalue weighted by Gasteiger charge is -2.12. The first kappa shape index (κ1) is 13.5. The molecule has 1 fully saturated rings. The van der Waals surface area contributed by atoms with Gasteiger partial charge in [-0.3, -0.25) is 0 Å². The summed E-state index contributed by atoms with van der Waals surface area (Å²) in [5, 5.41) is 4.85.